The highest BCUT2D eigenvalue weighted by atomic mass is 16.3. The van der Waals surface area contributed by atoms with Crippen LogP contribution in [0, 0.1) is 6.92 Å². The first-order valence-electron chi connectivity index (χ1n) is 7.44. The van der Waals surface area contributed by atoms with E-state index in [0.717, 1.165) is 37.3 Å². The molecule has 3 rings (SSSR count). The molecule has 0 bridgehead atoms. The summed E-state index contributed by atoms with van der Waals surface area (Å²) in [5.74, 6) is 0. The van der Waals surface area contributed by atoms with Crippen LogP contribution in [0.4, 0.5) is 0 Å². The van der Waals surface area contributed by atoms with Crippen molar-refractivity contribution in [3.8, 4) is 0 Å². The molecule has 2 atom stereocenters. The third kappa shape index (κ3) is 3.31. The van der Waals surface area contributed by atoms with Gasteiger partial charge in [0.2, 0.25) is 0 Å². The molecule has 2 aromatic rings. The Morgan fingerprint density at radius 1 is 1.38 bits per heavy atom. The van der Waals surface area contributed by atoms with E-state index in [9.17, 15) is 5.11 Å². The Kier molecular flexibility index (Phi) is 4.03. The third-order valence-electron chi connectivity index (χ3n) is 4.14. The van der Waals surface area contributed by atoms with E-state index in [2.05, 4.69) is 21.0 Å². The minimum atomic E-state index is -0.269. The second-order valence-electron chi connectivity index (χ2n) is 5.89. The molecule has 0 spiro atoms. The molecule has 1 N–H and O–H groups in total. The van der Waals surface area contributed by atoms with Crippen molar-refractivity contribution in [1.29, 1.82) is 0 Å². The van der Waals surface area contributed by atoms with E-state index < -0.39 is 0 Å². The van der Waals surface area contributed by atoms with E-state index >= 15 is 0 Å². The largest absolute Gasteiger partial charge is 0.391 e. The molecule has 112 valence electrons. The van der Waals surface area contributed by atoms with Crippen LogP contribution < -0.4 is 0 Å². The lowest BCUT2D eigenvalue weighted by Gasteiger charge is -2.25. The van der Waals surface area contributed by atoms with Gasteiger partial charge in [-0.25, -0.2) is 0 Å². The van der Waals surface area contributed by atoms with E-state index in [4.69, 9.17) is 0 Å². The van der Waals surface area contributed by atoms with Crippen molar-refractivity contribution in [3.63, 3.8) is 0 Å². The maximum absolute atomic E-state index is 10.3. The molecule has 0 amide bonds. The predicted octanol–water partition coefficient (Wildman–Crippen LogP) is 1.30. The smallest absolute Gasteiger partial charge is 0.0711 e. The molecule has 5 heteroatoms. The fraction of sp³-hybridized carbons (Fsp3) is 0.500. The summed E-state index contributed by atoms with van der Waals surface area (Å²) in [6.07, 6.45) is 5.30. The highest BCUT2D eigenvalue weighted by Gasteiger charge is 2.33. The molecular formula is C16H22N4O. The van der Waals surface area contributed by atoms with Gasteiger partial charge in [0.15, 0.2) is 0 Å². The fourth-order valence-electron chi connectivity index (χ4n) is 3.08. The van der Waals surface area contributed by atoms with Crippen molar-refractivity contribution in [2.75, 3.05) is 6.54 Å². The highest BCUT2D eigenvalue weighted by molar-refractivity contribution is 5.12. The van der Waals surface area contributed by atoms with Crippen molar-refractivity contribution in [2.24, 2.45) is 7.05 Å². The van der Waals surface area contributed by atoms with Crippen LogP contribution in [0.5, 0.6) is 0 Å². The lowest BCUT2D eigenvalue weighted by molar-refractivity contribution is 0.112. The van der Waals surface area contributed by atoms with Crippen LogP contribution in [0.15, 0.2) is 30.6 Å². The quantitative estimate of drug-likeness (QED) is 0.920. The Labute approximate surface area is 125 Å². The number of pyridine rings is 1. The normalized spacial score (nSPS) is 22.8. The summed E-state index contributed by atoms with van der Waals surface area (Å²) < 4.78 is 1.81. The van der Waals surface area contributed by atoms with Crippen molar-refractivity contribution in [1.82, 2.24) is 19.7 Å². The zero-order valence-corrected chi connectivity index (χ0v) is 12.6. The average molecular weight is 286 g/mol. The monoisotopic (exact) mass is 286 g/mol. The minimum absolute atomic E-state index is 0.150. The molecule has 1 saturated heterocycles. The summed E-state index contributed by atoms with van der Waals surface area (Å²) in [6.45, 7) is 3.72. The first kappa shape index (κ1) is 14.2. The molecule has 1 aliphatic heterocycles. The number of aliphatic hydroxyl groups is 1. The molecule has 3 heterocycles. The molecule has 0 aromatic carbocycles. The van der Waals surface area contributed by atoms with Gasteiger partial charge in [0, 0.05) is 38.1 Å². The summed E-state index contributed by atoms with van der Waals surface area (Å²) in [5, 5.41) is 14.5. The first-order chi connectivity index (χ1) is 10.1. The van der Waals surface area contributed by atoms with Gasteiger partial charge in [0.25, 0.3) is 0 Å². The first-order valence-corrected chi connectivity index (χ1v) is 7.44. The standard InChI is InChI=1S/C16H22N4O/c1-12-4-3-5-14(18-12)11-20-7-6-16(21)15(20)8-13-9-17-19(2)10-13/h3-5,9-10,15-16,21H,6-8,11H2,1-2H3/t15-,16-/m0/s1. The maximum atomic E-state index is 10.3. The van der Waals surface area contributed by atoms with E-state index in [1.54, 1.807) is 0 Å². The number of nitrogens with zero attached hydrogens (tertiary/aromatic N) is 4. The van der Waals surface area contributed by atoms with Crippen LogP contribution in [0.1, 0.15) is 23.4 Å². The lowest BCUT2D eigenvalue weighted by Crippen LogP contribution is -2.36. The van der Waals surface area contributed by atoms with Gasteiger partial charge in [0.1, 0.15) is 0 Å². The summed E-state index contributed by atoms with van der Waals surface area (Å²) >= 11 is 0. The van der Waals surface area contributed by atoms with Crippen LogP contribution in [0.2, 0.25) is 0 Å². The summed E-state index contributed by atoms with van der Waals surface area (Å²) in [4.78, 5) is 6.90. The molecule has 1 aliphatic rings. The van der Waals surface area contributed by atoms with E-state index in [1.165, 1.54) is 5.56 Å². The number of aliphatic hydroxyl groups excluding tert-OH is 1. The molecule has 0 saturated carbocycles. The molecule has 5 nitrogen and oxygen atoms in total. The molecule has 0 aliphatic carbocycles. The van der Waals surface area contributed by atoms with Crippen molar-refractivity contribution in [3.05, 3.63) is 47.5 Å². The number of aryl methyl sites for hydroxylation is 2. The second kappa shape index (κ2) is 5.95. The van der Waals surface area contributed by atoms with Crippen molar-refractivity contribution in [2.45, 2.75) is 38.5 Å². The Morgan fingerprint density at radius 2 is 2.24 bits per heavy atom. The molecule has 0 unspecified atom stereocenters. The van der Waals surface area contributed by atoms with E-state index in [1.807, 2.05) is 43.2 Å². The minimum Gasteiger partial charge on any atom is -0.391 e. The average Bonchev–Trinajstić information content (AvgIpc) is 3.00. The third-order valence-corrected chi connectivity index (χ3v) is 4.14. The summed E-state index contributed by atoms with van der Waals surface area (Å²) in [7, 11) is 1.92. The van der Waals surface area contributed by atoms with Crippen molar-refractivity contribution < 1.29 is 5.11 Å². The van der Waals surface area contributed by atoms with Gasteiger partial charge < -0.3 is 5.11 Å². The van der Waals surface area contributed by atoms with Gasteiger partial charge in [-0.2, -0.15) is 5.10 Å². The van der Waals surface area contributed by atoms with Crippen LogP contribution >= 0.6 is 0 Å². The molecule has 1 fully saturated rings. The lowest BCUT2D eigenvalue weighted by atomic mass is 10.0. The Morgan fingerprint density at radius 3 is 2.95 bits per heavy atom. The number of rotatable bonds is 4. The number of likely N-dealkylation sites (tertiary alicyclic amines) is 1. The van der Waals surface area contributed by atoms with E-state index in [-0.39, 0.29) is 12.1 Å². The van der Waals surface area contributed by atoms with Crippen LogP contribution in [-0.2, 0) is 20.0 Å². The number of aromatic nitrogens is 3. The maximum Gasteiger partial charge on any atom is 0.0711 e. The number of hydrogen-bond acceptors (Lipinski definition) is 4. The SMILES string of the molecule is Cc1cccc(CN2CC[C@H](O)[C@@H]2Cc2cnn(C)c2)n1. The summed E-state index contributed by atoms with van der Waals surface area (Å²) in [6, 6.07) is 6.26. The zero-order valence-electron chi connectivity index (χ0n) is 12.6. The van der Waals surface area contributed by atoms with Gasteiger partial charge in [-0.15, -0.1) is 0 Å². The van der Waals surface area contributed by atoms with Gasteiger partial charge in [-0.05, 0) is 37.5 Å². The molecule has 21 heavy (non-hydrogen) atoms. The Balaban J connectivity index is 1.71. The summed E-state index contributed by atoms with van der Waals surface area (Å²) in [5.41, 5.74) is 3.28. The van der Waals surface area contributed by atoms with Crippen LogP contribution in [0.25, 0.3) is 0 Å². The highest BCUT2D eigenvalue weighted by Crippen LogP contribution is 2.23. The Bertz CT molecular complexity index is 610. The zero-order chi connectivity index (χ0) is 14.8. The Hall–Kier alpha value is -1.72. The molecular weight excluding hydrogens is 264 g/mol. The van der Waals surface area contributed by atoms with Crippen molar-refractivity contribution >= 4 is 0 Å². The topological polar surface area (TPSA) is 54.2 Å². The fourth-order valence-corrected chi connectivity index (χ4v) is 3.08. The van der Waals surface area contributed by atoms with Gasteiger partial charge in [0.05, 0.1) is 18.0 Å². The van der Waals surface area contributed by atoms with Crippen LogP contribution in [-0.4, -0.2) is 43.5 Å². The van der Waals surface area contributed by atoms with Gasteiger partial charge in [-0.3, -0.25) is 14.6 Å². The molecule has 0 radical (unpaired) electrons. The predicted molar refractivity (Wildman–Crippen MR) is 80.7 cm³/mol. The van der Waals surface area contributed by atoms with Gasteiger partial charge >= 0.3 is 0 Å². The second-order valence-corrected chi connectivity index (χ2v) is 5.89. The van der Waals surface area contributed by atoms with Gasteiger partial charge in [-0.1, -0.05) is 6.07 Å². The van der Waals surface area contributed by atoms with Crippen LogP contribution in [0.3, 0.4) is 0 Å². The number of hydrogen-bond donors (Lipinski definition) is 1. The van der Waals surface area contributed by atoms with E-state index in [0.29, 0.717) is 0 Å². The molecule has 2 aromatic heterocycles.